The predicted octanol–water partition coefficient (Wildman–Crippen LogP) is 4.95. The number of benzene rings is 1. The van der Waals surface area contributed by atoms with Crippen molar-refractivity contribution in [3.05, 3.63) is 52.1 Å². The lowest BCUT2D eigenvalue weighted by atomic mass is 10.1. The SMILES string of the molecule is CCC(C)Oc1cc(-c2csc(Cn3cc(C(=O)O)cn3)n2)cc(C(F)(F)F)c1. The standard InChI is InChI=1S/C19H18F3N3O3S/c1-3-11(2)28-15-5-12(4-14(6-15)19(20,21)22)16-10-29-17(24-16)9-25-8-13(7-23-25)18(26)27/h4-8,10-11H,3,9H2,1-2H3,(H,26,27). The number of carboxylic acids is 1. The minimum Gasteiger partial charge on any atom is -0.491 e. The van der Waals surface area contributed by atoms with Crippen molar-refractivity contribution in [2.75, 3.05) is 0 Å². The smallest absolute Gasteiger partial charge is 0.416 e. The third kappa shape index (κ3) is 5.14. The number of thiazole rings is 1. The molecule has 0 amide bonds. The molecule has 0 bridgehead atoms. The second-order valence-corrected chi connectivity index (χ2v) is 7.38. The Labute approximate surface area is 168 Å². The fourth-order valence-electron chi connectivity index (χ4n) is 2.51. The van der Waals surface area contributed by atoms with E-state index in [2.05, 4.69) is 10.1 Å². The number of ether oxygens (including phenoxy) is 1. The second kappa shape index (κ2) is 8.24. The number of rotatable bonds is 7. The Morgan fingerprint density at radius 1 is 1.34 bits per heavy atom. The van der Waals surface area contributed by atoms with Gasteiger partial charge in [0, 0.05) is 17.1 Å². The lowest BCUT2D eigenvalue weighted by Gasteiger charge is -2.16. The summed E-state index contributed by atoms with van der Waals surface area (Å²) in [5.41, 5.74) is -0.0736. The van der Waals surface area contributed by atoms with Crippen molar-refractivity contribution in [2.24, 2.45) is 0 Å². The largest absolute Gasteiger partial charge is 0.491 e. The first-order valence-corrected chi connectivity index (χ1v) is 9.63. The third-order valence-corrected chi connectivity index (χ3v) is 5.00. The molecule has 10 heteroatoms. The quantitative estimate of drug-likeness (QED) is 0.580. The summed E-state index contributed by atoms with van der Waals surface area (Å²) >= 11 is 1.25. The molecule has 0 aliphatic heterocycles. The van der Waals surface area contributed by atoms with Crippen LogP contribution in [0.2, 0.25) is 0 Å². The fourth-order valence-corrected chi connectivity index (χ4v) is 3.30. The van der Waals surface area contributed by atoms with Crippen molar-refractivity contribution in [2.45, 2.75) is 39.1 Å². The highest BCUT2D eigenvalue weighted by molar-refractivity contribution is 7.09. The van der Waals surface area contributed by atoms with E-state index in [1.165, 1.54) is 34.5 Å². The molecule has 2 heterocycles. The van der Waals surface area contributed by atoms with Crippen LogP contribution in [0.1, 0.15) is 41.2 Å². The molecule has 6 nitrogen and oxygen atoms in total. The molecule has 0 saturated heterocycles. The summed E-state index contributed by atoms with van der Waals surface area (Å²) < 4.78 is 46.9. The van der Waals surface area contributed by atoms with Gasteiger partial charge in [0.15, 0.2) is 0 Å². The number of hydrogen-bond donors (Lipinski definition) is 1. The molecule has 3 aromatic rings. The Hall–Kier alpha value is -2.88. The summed E-state index contributed by atoms with van der Waals surface area (Å²) in [6, 6.07) is 3.57. The first kappa shape index (κ1) is 20.8. The van der Waals surface area contributed by atoms with Crippen LogP contribution in [-0.2, 0) is 12.7 Å². The molecule has 1 atom stereocenters. The molecule has 1 N–H and O–H groups in total. The average Bonchev–Trinajstić information content (AvgIpc) is 3.31. The van der Waals surface area contributed by atoms with Gasteiger partial charge in [-0.25, -0.2) is 9.78 Å². The van der Waals surface area contributed by atoms with Crippen molar-refractivity contribution >= 4 is 17.3 Å². The molecule has 29 heavy (non-hydrogen) atoms. The van der Waals surface area contributed by atoms with E-state index in [9.17, 15) is 18.0 Å². The van der Waals surface area contributed by atoms with Gasteiger partial charge < -0.3 is 9.84 Å². The number of nitrogens with zero attached hydrogens (tertiary/aromatic N) is 3. The number of halogens is 3. The highest BCUT2D eigenvalue weighted by atomic mass is 32.1. The first-order chi connectivity index (χ1) is 13.7. The van der Waals surface area contributed by atoms with Crippen molar-refractivity contribution in [1.29, 1.82) is 0 Å². The Bertz CT molecular complexity index is 1010. The number of aromatic nitrogens is 3. The van der Waals surface area contributed by atoms with E-state index < -0.39 is 17.7 Å². The molecule has 1 unspecified atom stereocenters. The van der Waals surface area contributed by atoms with Crippen LogP contribution in [0.25, 0.3) is 11.3 Å². The van der Waals surface area contributed by atoms with E-state index in [4.69, 9.17) is 9.84 Å². The van der Waals surface area contributed by atoms with Crippen LogP contribution >= 0.6 is 11.3 Å². The lowest BCUT2D eigenvalue weighted by Crippen LogP contribution is -2.11. The van der Waals surface area contributed by atoms with Crippen molar-refractivity contribution in [3.63, 3.8) is 0 Å². The van der Waals surface area contributed by atoms with Crippen LogP contribution in [0.3, 0.4) is 0 Å². The van der Waals surface area contributed by atoms with Crippen molar-refractivity contribution < 1.29 is 27.8 Å². The molecule has 1 aromatic carbocycles. The van der Waals surface area contributed by atoms with Crippen LogP contribution in [0.15, 0.2) is 36.0 Å². The highest BCUT2D eigenvalue weighted by Crippen LogP contribution is 2.36. The molecule has 2 aromatic heterocycles. The maximum atomic E-state index is 13.3. The summed E-state index contributed by atoms with van der Waals surface area (Å²) in [5, 5.41) is 15.1. The van der Waals surface area contributed by atoms with Gasteiger partial charge in [0.1, 0.15) is 10.8 Å². The molecular formula is C19H18F3N3O3S. The van der Waals surface area contributed by atoms with Gasteiger partial charge in [-0.15, -0.1) is 11.3 Å². The Kier molecular flexibility index (Phi) is 5.92. The van der Waals surface area contributed by atoms with Crippen molar-refractivity contribution in [1.82, 2.24) is 14.8 Å². The molecule has 3 rings (SSSR count). The van der Waals surface area contributed by atoms with Gasteiger partial charge in [-0.3, -0.25) is 4.68 Å². The summed E-state index contributed by atoms with van der Waals surface area (Å²) in [6.45, 7) is 3.89. The Balaban J connectivity index is 1.89. The molecule has 154 valence electrons. The zero-order valence-electron chi connectivity index (χ0n) is 15.6. The summed E-state index contributed by atoms with van der Waals surface area (Å²) in [6.07, 6.45) is -1.48. The van der Waals surface area contributed by atoms with Crippen LogP contribution in [-0.4, -0.2) is 31.9 Å². The zero-order valence-corrected chi connectivity index (χ0v) is 16.4. The molecular weight excluding hydrogens is 407 g/mol. The lowest BCUT2D eigenvalue weighted by molar-refractivity contribution is -0.137. The number of alkyl halides is 3. The number of hydrogen-bond acceptors (Lipinski definition) is 5. The molecule has 0 spiro atoms. The van der Waals surface area contributed by atoms with Gasteiger partial charge in [0.05, 0.1) is 35.7 Å². The van der Waals surface area contributed by atoms with Gasteiger partial charge in [-0.2, -0.15) is 18.3 Å². The van der Waals surface area contributed by atoms with E-state index >= 15 is 0 Å². The van der Waals surface area contributed by atoms with Crippen LogP contribution < -0.4 is 4.74 Å². The number of aromatic carboxylic acids is 1. The van der Waals surface area contributed by atoms with Crippen molar-refractivity contribution in [3.8, 4) is 17.0 Å². The topological polar surface area (TPSA) is 77.2 Å². The van der Waals surface area contributed by atoms with Gasteiger partial charge in [0.25, 0.3) is 0 Å². The van der Waals surface area contributed by atoms with E-state index in [0.717, 1.165) is 12.1 Å². The Morgan fingerprint density at radius 2 is 2.10 bits per heavy atom. The van der Waals surface area contributed by atoms with Gasteiger partial charge in [0.2, 0.25) is 0 Å². The summed E-state index contributed by atoms with van der Waals surface area (Å²) in [5.74, 6) is -0.953. The monoisotopic (exact) mass is 425 g/mol. The van der Waals surface area contributed by atoms with Crippen LogP contribution in [0, 0.1) is 0 Å². The first-order valence-electron chi connectivity index (χ1n) is 8.75. The normalized spacial score (nSPS) is 12.7. The van der Waals surface area contributed by atoms with E-state index in [1.807, 2.05) is 6.92 Å². The second-order valence-electron chi connectivity index (χ2n) is 6.44. The highest BCUT2D eigenvalue weighted by Gasteiger charge is 2.32. The average molecular weight is 425 g/mol. The molecule has 0 radical (unpaired) electrons. The maximum Gasteiger partial charge on any atom is 0.416 e. The molecule has 0 saturated carbocycles. The molecule has 0 fully saturated rings. The Morgan fingerprint density at radius 3 is 2.72 bits per heavy atom. The third-order valence-electron chi connectivity index (χ3n) is 4.17. The van der Waals surface area contributed by atoms with Gasteiger partial charge in [-0.05, 0) is 31.5 Å². The van der Waals surface area contributed by atoms with Crippen LogP contribution in [0.5, 0.6) is 5.75 Å². The van der Waals surface area contributed by atoms with Gasteiger partial charge in [-0.1, -0.05) is 6.92 Å². The summed E-state index contributed by atoms with van der Waals surface area (Å²) in [7, 11) is 0. The number of carbonyl (C=O) groups is 1. The minimum atomic E-state index is -4.51. The predicted molar refractivity (Wildman–Crippen MR) is 101 cm³/mol. The molecule has 0 aliphatic carbocycles. The number of carboxylic acid groups (broad SMARTS) is 1. The van der Waals surface area contributed by atoms with Crippen LogP contribution in [0.4, 0.5) is 13.2 Å². The van der Waals surface area contributed by atoms with Gasteiger partial charge >= 0.3 is 12.1 Å². The minimum absolute atomic E-state index is 0.0477. The van der Waals surface area contributed by atoms with E-state index in [0.29, 0.717) is 22.7 Å². The molecule has 0 aliphatic rings. The fraction of sp³-hybridized carbons (Fsp3) is 0.316. The summed E-state index contributed by atoms with van der Waals surface area (Å²) in [4.78, 5) is 15.3. The maximum absolute atomic E-state index is 13.3. The zero-order chi connectivity index (χ0) is 21.2. The van der Waals surface area contributed by atoms with E-state index in [-0.39, 0.29) is 24.0 Å². The van der Waals surface area contributed by atoms with E-state index in [1.54, 1.807) is 12.3 Å².